The fourth-order valence-corrected chi connectivity index (χ4v) is 8.46. The Labute approximate surface area is 326 Å². The molecule has 16 nitrogen and oxygen atoms in total. The van der Waals surface area contributed by atoms with Gasteiger partial charge in [0.2, 0.25) is 5.82 Å². The zero-order valence-corrected chi connectivity index (χ0v) is 33.9. The number of benzene rings is 2. The molecule has 0 aliphatic carbocycles. The minimum absolute atomic E-state index is 0.0290. The Morgan fingerprint density at radius 2 is 1.32 bits per heavy atom. The highest BCUT2D eigenvalue weighted by Gasteiger charge is 2.36. The summed E-state index contributed by atoms with van der Waals surface area (Å²) in [6.07, 6.45) is 0. The molecule has 0 N–H and O–H groups in total. The van der Waals surface area contributed by atoms with E-state index in [0.717, 1.165) is 113 Å². The first-order valence-corrected chi connectivity index (χ1v) is 19.0. The van der Waals surface area contributed by atoms with Gasteiger partial charge in [0.05, 0.1) is 51.9 Å². The fraction of sp³-hybridized carbons (Fsp3) is 0.450. The molecule has 4 aromatic heterocycles. The lowest BCUT2D eigenvalue weighted by molar-refractivity contribution is -0.734. The molecule has 16 heteroatoms. The Bertz CT molecular complexity index is 2410. The van der Waals surface area contributed by atoms with Crippen molar-refractivity contribution in [2.24, 2.45) is 14.1 Å². The predicted molar refractivity (Wildman–Crippen MR) is 208 cm³/mol. The highest BCUT2D eigenvalue weighted by Crippen LogP contribution is 2.39. The van der Waals surface area contributed by atoms with Gasteiger partial charge in [-0.1, -0.05) is 12.1 Å². The number of methoxy groups -OCH3 is 4. The van der Waals surface area contributed by atoms with E-state index in [4.69, 9.17) is 29.1 Å². The lowest BCUT2D eigenvalue weighted by atomic mass is 10.1. The van der Waals surface area contributed by atoms with E-state index in [9.17, 15) is 0 Å². The van der Waals surface area contributed by atoms with E-state index in [-0.39, 0.29) is 12.1 Å². The van der Waals surface area contributed by atoms with Crippen molar-refractivity contribution in [3.05, 3.63) is 76.6 Å². The molecule has 2 atom stereocenters. The van der Waals surface area contributed by atoms with Crippen LogP contribution in [0.3, 0.4) is 0 Å². The average molecular weight is 764 g/mol. The van der Waals surface area contributed by atoms with Crippen LogP contribution in [0, 0.1) is 13.8 Å². The van der Waals surface area contributed by atoms with Gasteiger partial charge in [-0.2, -0.15) is 5.10 Å². The largest absolute Gasteiger partial charge is 0.497 e. The second-order valence-electron chi connectivity index (χ2n) is 14.6. The maximum Gasteiger partial charge on any atom is 0.276 e. The predicted octanol–water partition coefficient (Wildman–Crippen LogP) is 4.36. The van der Waals surface area contributed by atoms with Crippen LogP contribution in [0.15, 0.2) is 42.5 Å². The summed E-state index contributed by atoms with van der Waals surface area (Å²) in [5.41, 5.74) is 6.83. The summed E-state index contributed by atoms with van der Waals surface area (Å²) in [7, 11) is 10.8. The number of rotatable bonds is 11. The Balaban J connectivity index is 1.08. The normalized spacial score (nSPS) is 17.2. The van der Waals surface area contributed by atoms with Crippen LogP contribution in [0.1, 0.15) is 60.1 Å². The van der Waals surface area contributed by atoms with Gasteiger partial charge in [0.25, 0.3) is 5.69 Å². The first kappa shape index (κ1) is 37.2. The van der Waals surface area contributed by atoms with Gasteiger partial charge in [0, 0.05) is 69.6 Å². The number of hydrogen-bond donors (Lipinski definition) is 0. The smallest absolute Gasteiger partial charge is 0.276 e. The van der Waals surface area contributed by atoms with Crippen molar-refractivity contribution in [3.63, 3.8) is 0 Å². The van der Waals surface area contributed by atoms with Crippen molar-refractivity contribution >= 4 is 0 Å². The number of aromatic nitrogens is 10. The molecule has 0 radical (unpaired) electrons. The quantitative estimate of drug-likeness (QED) is 0.175. The van der Waals surface area contributed by atoms with Gasteiger partial charge < -0.3 is 28.1 Å². The molecule has 0 spiro atoms. The third-order valence-corrected chi connectivity index (χ3v) is 11.5. The van der Waals surface area contributed by atoms with Gasteiger partial charge >= 0.3 is 0 Å². The zero-order chi connectivity index (χ0) is 39.4. The van der Waals surface area contributed by atoms with Crippen molar-refractivity contribution in [3.8, 4) is 51.7 Å². The topological polar surface area (TPSA) is 131 Å². The molecule has 2 aliphatic heterocycles. The molecule has 6 aromatic rings. The minimum Gasteiger partial charge on any atom is -0.497 e. The van der Waals surface area contributed by atoms with Crippen LogP contribution in [0.25, 0.3) is 28.7 Å². The van der Waals surface area contributed by atoms with Crippen molar-refractivity contribution in [1.82, 2.24) is 53.8 Å². The molecule has 0 saturated carbocycles. The van der Waals surface area contributed by atoms with Gasteiger partial charge in [0.1, 0.15) is 17.2 Å². The average Bonchev–Trinajstić information content (AvgIpc) is 3.97. The molecule has 2 unspecified atom stereocenters. The van der Waals surface area contributed by atoms with Crippen LogP contribution in [0.4, 0.5) is 0 Å². The van der Waals surface area contributed by atoms with E-state index in [1.54, 1.807) is 28.4 Å². The molecule has 0 saturated heterocycles. The summed E-state index contributed by atoms with van der Waals surface area (Å²) in [5, 5.41) is 23.3. The molecule has 0 bridgehead atoms. The molecule has 294 valence electrons. The maximum atomic E-state index is 6.26. The summed E-state index contributed by atoms with van der Waals surface area (Å²) in [6, 6.07) is 14.4. The van der Waals surface area contributed by atoms with Crippen LogP contribution in [0.2, 0.25) is 0 Å². The van der Waals surface area contributed by atoms with E-state index >= 15 is 0 Å². The molecular weight excluding hydrogens is 713 g/mol. The van der Waals surface area contributed by atoms with Gasteiger partial charge in [-0.15, -0.1) is 29.8 Å². The SMILES string of the molecule is COc1ccc(CN2CCn3c(-c4cc(C)n(-c5c(OC)ccc(CN6CCn7c(-c8cc(C)nn8C)nnc7C6C)c5OC)[n+]4C)nnc3C2C)c(OC)c1. The van der Waals surface area contributed by atoms with Gasteiger partial charge in [-0.3, -0.25) is 14.5 Å². The molecule has 0 fully saturated rings. The van der Waals surface area contributed by atoms with Crippen molar-refractivity contribution in [2.45, 2.75) is 66.0 Å². The molecule has 0 amide bonds. The van der Waals surface area contributed by atoms with Crippen LogP contribution < -0.4 is 23.6 Å². The van der Waals surface area contributed by atoms with E-state index in [0.29, 0.717) is 12.3 Å². The molecule has 2 aliphatic rings. The monoisotopic (exact) mass is 763 g/mol. The standard InChI is InChI=1S/C40H51N12O4/c1-24-19-31(46(5)45-24)39-43-41-37-27(4)49(16-17-50(37)39)23-29-12-14-33(54-8)35(36(29)56-10)52-25(2)20-32(47(52)6)40-44-42-38-26(3)48(15-18-51(38)40)22-28-11-13-30(53-7)21-34(28)55-9/h11-14,19-21,26-27H,15-18,22-23H2,1-10H3/q+1. The summed E-state index contributed by atoms with van der Waals surface area (Å²) in [5.74, 6) is 6.56. The Morgan fingerprint density at radius 1 is 0.696 bits per heavy atom. The summed E-state index contributed by atoms with van der Waals surface area (Å²) >= 11 is 0. The van der Waals surface area contributed by atoms with Crippen LogP contribution in [-0.2, 0) is 40.3 Å². The zero-order valence-electron chi connectivity index (χ0n) is 33.9. The summed E-state index contributed by atoms with van der Waals surface area (Å²) in [4.78, 5) is 4.82. The van der Waals surface area contributed by atoms with Crippen molar-refractivity contribution in [1.29, 1.82) is 0 Å². The molecule has 6 heterocycles. The van der Waals surface area contributed by atoms with Gasteiger partial charge in [-0.05, 0) is 45.9 Å². The van der Waals surface area contributed by atoms with Gasteiger partial charge in [0.15, 0.2) is 41.7 Å². The van der Waals surface area contributed by atoms with Crippen molar-refractivity contribution < 1.29 is 23.6 Å². The molecular formula is C40H51N12O4+. The van der Waals surface area contributed by atoms with Crippen LogP contribution >= 0.6 is 0 Å². The Morgan fingerprint density at radius 3 is 1.93 bits per heavy atom. The van der Waals surface area contributed by atoms with Crippen LogP contribution in [0.5, 0.6) is 23.0 Å². The number of ether oxygens (including phenoxy) is 4. The highest BCUT2D eigenvalue weighted by atomic mass is 16.5. The van der Waals surface area contributed by atoms with E-state index < -0.39 is 0 Å². The summed E-state index contributed by atoms with van der Waals surface area (Å²) < 4.78 is 34.0. The lowest BCUT2D eigenvalue weighted by Gasteiger charge is -2.34. The van der Waals surface area contributed by atoms with E-state index in [2.05, 4.69) is 88.6 Å². The third-order valence-electron chi connectivity index (χ3n) is 11.5. The molecule has 56 heavy (non-hydrogen) atoms. The lowest BCUT2D eigenvalue weighted by Crippen LogP contribution is -2.42. The highest BCUT2D eigenvalue weighted by molar-refractivity contribution is 5.62. The van der Waals surface area contributed by atoms with Crippen LogP contribution in [-0.4, -0.2) is 95.3 Å². The number of nitrogens with zero attached hydrogens (tertiary/aromatic N) is 12. The number of hydrogen-bond acceptors (Lipinski definition) is 11. The Kier molecular flexibility index (Phi) is 9.78. The fourth-order valence-electron chi connectivity index (χ4n) is 8.46. The first-order valence-electron chi connectivity index (χ1n) is 19.0. The number of aryl methyl sites for hydroxylation is 3. The first-order chi connectivity index (χ1) is 27.1. The second-order valence-corrected chi connectivity index (χ2v) is 14.6. The van der Waals surface area contributed by atoms with E-state index in [1.807, 2.05) is 43.9 Å². The van der Waals surface area contributed by atoms with Crippen molar-refractivity contribution in [2.75, 3.05) is 41.5 Å². The number of fused-ring (bicyclic) bond motifs is 2. The maximum absolute atomic E-state index is 6.26. The Hall–Kier alpha value is -5.74. The third kappa shape index (κ3) is 6.16. The van der Waals surface area contributed by atoms with Gasteiger partial charge in [-0.25, -0.2) is 0 Å². The second kappa shape index (κ2) is 14.7. The summed E-state index contributed by atoms with van der Waals surface area (Å²) in [6.45, 7) is 13.0. The molecule has 8 rings (SSSR count). The minimum atomic E-state index is 0.0290. The molecule has 2 aromatic carbocycles. The van der Waals surface area contributed by atoms with E-state index in [1.165, 1.54) is 0 Å².